The van der Waals surface area contributed by atoms with Crippen molar-refractivity contribution in [1.29, 1.82) is 10.8 Å². The largest absolute Gasteiger partial charge is 0.466 e. The molecule has 4 aromatic rings. The molecule has 5 amide bonds. The van der Waals surface area contributed by atoms with Crippen LogP contribution in [0.15, 0.2) is 97.6 Å². The molecule has 67 heavy (non-hydrogen) atoms. The molecule has 352 valence electrons. The van der Waals surface area contributed by atoms with Crippen molar-refractivity contribution in [1.82, 2.24) is 30.4 Å². The number of pyridine rings is 2. The minimum absolute atomic E-state index is 0.0710. The SMILES string of the molecule is CCOC(=O)CCN1CCN(CC2CN(c3ccc(C(=N)NC(=O)c4cccnc4)cc3)C(=O)O2)CC1=O.CS(=O)(=O)OCC1CN(c2ccc(C(=N)NC(=O)c3cccnc3)cc2)C(=O)O1. The quantitative estimate of drug-likeness (QED) is 0.0438. The van der Waals surface area contributed by atoms with Crippen molar-refractivity contribution in [3.05, 3.63) is 120 Å². The Morgan fingerprint density at radius 1 is 0.746 bits per heavy atom. The van der Waals surface area contributed by atoms with E-state index < -0.39 is 46.3 Å². The van der Waals surface area contributed by atoms with Crippen molar-refractivity contribution in [3.8, 4) is 0 Å². The van der Waals surface area contributed by atoms with Gasteiger partial charge in [0.2, 0.25) is 5.91 Å². The van der Waals surface area contributed by atoms with Gasteiger partial charge in [-0.2, -0.15) is 8.42 Å². The number of hydrogen-bond donors (Lipinski definition) is 4. The van der Waals surface area contributed by atoms with Crippen LogP contribution >= 0.6 is 0 Å². The molecule has 0 spiro atoms. The van der Waals surface area contributed by atoms with Gasteiger partial charge in [-0.25, -0.2) is 9.59 Å². The van der Waals surface area contributed by atoms with E-state index in [-0.39, 0.29) is 49.7 Å². The van der Waals surface area contributed by atoms with Crippen molar-refractivity contribution >= 4 is 69.0 Å². The summed E-state index contributed by atoms with van der Waals surface area (Å²) in [5, 5.41) is 21.2. The number of benzene rings is 2. The second kappa shape index (κ2) is 22.5. The summed E-state index contributed by atoms with van der Waals surface area (Å²) >= 11 is 0. The molecule has 7 rings (SSSR count). The summed E-state index contributed by atoms with van der Waals surface area (Å²) in [5.41, 5.74) is 2.71. The monoisotopic (exact) mass is 940 g/mol. The molecular weight excluding hydrogens is 893 g/mol. The molecule has 2 aromatic heterocycles. The summed E-state index contributed by atoms with van der Waals surface area (Å²) in [5.74, 6) is -1.46. The second-order valence-electron chi connectivity index (χ2n) is 15.1. The van der Waals surface area contributed by atoms with Crippen LogP contribution in [-0.2, 0) is 38.1 Å². The van der Waals surface area contributed by atoms with Crippen LogP contribution < -0.4 is 20.4 Å². The van der Waals surface area contributed by atoms with E-state index in [0.29, 0.717) is 73.0 Å². The van der Waals surface area contributed by atoms with Gasteiger partial charge in [0.25, 0.3) is 21.9 Å². The Bertz CT molecular complexity index is 2570. The maximum atomic E-state index is 12.5. The van der Waals surface area contributed by atoms with E-state index in [1.165, 1.54) is 22.2 Å². The number of aromatic nitrogens is 2. The van der Waals surface area contributed by atoms with Crippen LogP contribution in [0.4, 0.5) is 21.0 Å². The Hall–Kier alpha value is -7.63. The van der Waals surface area contributed by atoms with Gasteiger partial charge in [-0.1, -0.05) is 0 Å². The molecule has 0 bridgehead atoms. The second-order valence-corrected chi connectivity index (χ2v) is 16.8. The highest BCUT2D eigenvalue weighted by molar-refractivity contribution is 7.86. The summed E-state index contributed by atoms with van der Waals surface area (Å²) in [4.78, 5) is 87.2. The van der Waals surface area contributed by atoms with Gasteiger partial charge in [0, 0.05) is 73.5 Å². The fourth-order valence-corrected chi connectivity index (χ4v) is 7.27. The molecule has 3 aliphatic heterocycles. The number of ether oxygens (including phenoxy) is 3. The number of hydrogen-bond acceptors (Lipinski definition) is 17. The number of cyclic esters (lactones) is 2. The lowest BCUT2D eigenvalue weighted by molar-refractivity contribution is -0.144. The van der Waals surface area contributed by atoms with Crippen LogP contribution in [0, 0.1) is 10.8 Å². The zero-order valence-electron chi connectivity index (χ0n) is 36.5. The predicted molar refractivity (Wildman–Crippen MR) is 240 cm³/mol. The average Bonchev–Trinajstić information content (AvgIpc) is 3.89. The molecule has 2 atom stereocenters. The first-order valence-electron chi connectivity index (χ1n) is 20.8. The van der Waals surface area contributed by atoms with E-state index in [1.807, 2.05) is 4.90 Å². The number of carbonyl (C=O) groups excluding carboxylic acids is 6. The highest BCUT2D eigenvalue weighted by Crippen LogP contribution is 2.24. The van der Waals surface area contributed by atoms with E-state index in [9.17, 15) is 37.2 Å². The molecule has 3 saturated heterocycles. The lowest BCUT2D eigenvalue weighted by Gasteiger charge is -2.34. The van der Waals surface area contributed by atoms with Crippen LogP contribution in [0.3, 0.4) is 0 Å². The molecule has 23 heteroatoms. The predicted octanol–water partition coefficient (Wildman–Crippen LogP) is 2.40. The molecule has 5 heterocycles. The molecule has 3 fully saturated rings. The van der Waals surface area contributed by atoms with E-state index in [1.54, 1.807) is 97.0 Å². The summed E-state index contributed by atoms with van der Waals surface area (Å²) < 4.78 is 42.3. The number of carbonyl (C=O) groups is 6. The molecule has 2 unspecified atom stereocenters. The first kappa shape index (κ1) is 48.8. The van der Waals surface area contributed by atoms with Gasteiger partial charge in [-0.05, 0) is 79.7 Å². The van der Waals surface area contributed by atoms with Gasteiger partial charge in [-0.3, -0.25) is 58.8 Å². The lowest BCUT2D eigenvalue weighted by atomic mass is 10.1. The Balaban J connectivity index is 0.000000229. The molecule has 3 aliphatic rings. The zero-order valence-corrected chi connectivity index (χ0v) is 37.3. The van der Waals surface area contributed by atoms with Gasteiger partial charge in [0.05, 0.1) is 50.0 Å². The van der Waals surface area contributed by atoms with Crippen molar-refractivity contribution in [3.63, 3.8) is 0 Å². The fourth-order valence-electron chi connectivity index (χ4n) is 6.87. The third kappa shape index (κ3) is 13.9. The van der Waals surface area contributed by atoms with E-state index >= 15 is 0 Å². The Labute approximate surface area is 385 Å². The molecule has 22 nitrogen and oxygen atoms in total. The minimum Gasteiger partial charge on any atom is -0.466 e. The number of amidine groups is 2. The maximum absolute atomic E-state index is 12.5. The van der Waals surface area contributed by atoms with Crippen molar-refractivity contribution in [2.45, 2.75) is 25.6 Å². The standard InChI is InChI=1S/C26H30N6O6.C18H18N4O6S/c1-2-37-23(34)9-11-31-13-12-30(17-22(31)33)15-21-16-32(26(36)38-21)20-7-5-18(6-8-20)24(27)29-25(35)19-4-3-10-28-14-19;1-29(25,26)27-11-15-10-22(18(24)28-15)14-6-4-12(5-7-14)16(19)21-17(23)13-3-2-8-20-9-13/h3-8,10,14,21H,2,9,11-13,15-17H2,1H3,(H2,27,29,35);2-9,15H,10-11H2,1H3,(H2,19,21,23). The van der Waals surface area contributed by atoms with Crippen LogP contribution in [-0.4, -0.2) is 153 Å². The minimum atomic E-state index is -3.63. The van der Waals surface area contributed by atoms with Gasteiger partial charge in [0.15, 0.2) is 0 Å². The van der Waals surface area contributed by atoms with Crippen molar-refractivity contribution in [2.75, 3.05) is 75.1 Å². The number of anilines is 2. The highest BCUT2D eigenvalue weighted by Gasteiger charge is 2.36. The molecule has 2 aromatic carbocycles. The summed E-state index contributed by atoms with van der Waals surface area (Å²) in [7, 11) is -3.63. The van der Waals surface area contributed by atoms with Crippen molar-refractivity contribution < 1.29 is 55.6 Å². The third-order valence-corrected chi connectivity index (χ3v) is 10.8. The van der Waals surface area contributed by atoms with E-state index in [0.717, 1.165) is 6.26 Å². The number of amides is 5. The van der Waals surface area contributed by atoms with Crippen LogP contribution in [0.1, 0.15) is 45.2 Å². The lowest BCUT2D eigenvalue weighted by Crippen LogP contribution is -2.52. The summed E-state index contributed by atoms with van der Waals surface area (Å²) in [6.45, 7) is 4.30. The third-order valence-electron chi connectivity index (χ3n) is 10.2. The van der Waals surface area contributed by atoms with Gasteiger partial charge < -0.3 is 29.7 Å². The first-order valence-corrected chi connectivity index (χ1v) is 22.7. The van der Waals surface area contributed by atoms with Crippen LogP contribution in [0.25, 0.3) is 0 Å². The van der Waals surface area contributed by atoms with E-state index in [4.69, 9.17) is 25.0 Å². The topological polar surface area (TPSA) is 284 Å². The number of piperazine rings is 1. The highest BCUT2D eigenvalue weighted by atomic mass is 32.2. The molecule has 0 aliphatic carbocycles. The molecule has 0 saturated carbocycles. The van der Waals surface area contributed by atoms with Crippen LogP contribution in [0.2, 0.25) is 0 Å². The summed E-state index contributed by atoms with van der Waals surface area (Å²) in [6, 6.07) is 19.5. The number of nitrogens with zero attached hydrogens (tertiary/aromatic N) is 6. The molecular formula is C44H48N10O12S. The average molecular weight is 941 g/mol. The summed E-state index contributed by atoms with van der Waals surface area (Å²) in [6.07, 6.45) is 4.78. The normalized spacial score (nSPS) is 17.2. The zero-order chi connectivity index (χ0) is 48.1. The Kier molecular flexibility index (Phi) is 16.4. The number of rotatable bonds is 15. The van der Waals surface area contributed by atoms with Crippen molar-refractivity contribution in [2.24, 2.45) is 0 Å². The smallest absolute Gasteiger partial charge is 0.414 e. The van der Waals surface area contributed by atoms with Gasteiger partial charge in [-0.15, -0.1) is 0 Å². The van der Waals surface area contributed by atoms with Crippen LogP contribution in [0.5, 0.6) is 0 Å². The van der Waals surface area contributed by atoms with Gasteiger partial charge >= 0.3 is 18.2 Å². The molecule has 4 N–H and O–H groups in total. The number of esters is 1. The maximum Gasteiger partial charge on any atom is 0.414 e. The number of nitrogens with one attached hydrogen (secondary N) is 4. The van der Waals surface area contributed by atoms with E-state index in [2.05, 4.69) is 24.8 Å². The fraction of sp³-hybridized carbons (Fsp3) is 0.318. The Morgan fingerprint density at radius 2 is 1.25 bits per heavy atom. The Morgan fingerprint density at radius 3 is 1.72 bits per heavy atom. The first-order chi connectivity index (χ1) is 32.1. The molecule has 0 radical (unpaired) electrons. The van der Waals surface area contributed by atoms with Gasteiger partial charge in [0.1, 0.15) is 30.5 Å².